The number of halogens is 3. The number of nitrogens with zero attached hydrogens (tertiary/aromatic N) is 2. The van der Waals surface area contributed by atoms with Gasteiger partial charge < -0.3 is 14.2 Å². The Balaban J connectivity index is 1.45. The number of carbonyl (C=O) groups excluding carboxylic acids is 1. The van der Waals surface area contributed by atoms with E-state index >= 15 is 0 Å². The highest BCUT2D eigenvalue weighted by Gasteiger charge is 2.34. The van der Waals surface area contributed by atoms with Crippen LogP contribution < -0.4 is 24.4 Å². The highest BCUT2D eigenvalue weighted by molar-refractivity contribution is 9.10. The molecule has 7 nitrogen and oxygen atoms in total. The normalized spacial score (nSPS) is 14.7. The summed E-state index contributed by atoms with van der Waals surface area (Å²) in [6.45, 7) is 3.93. The van der Waals surface area contributed by atoms with Crippen molar-refractivity contribution in [3.05, 3.63) is 135 Å². The summed E-state index contributed by atoms with van der Waals surface area (Å²) >= 11 is 17.2. The van der Waals surface area contributed by atoms with Crippen molar-refractivity contribution in [3.8, 4) is 11.5 Å². The topological polar surface area (TPSA) is 79.1 Å². The monoisotopic (exact) mass is 736 g/mol. The Kier molecular flexibility index (Phi) is 9.38. The summed E-state index contributed by atoms with van der Waals surface area (Å²) in [6.07, 6.45) is 1.78. The molecular formula is C35H27BrCl2N2O5S. The second-order valence-corrected chi connectivity index (χ2v) is 13.1. The van der Waals surface area contributed by atoms with Crippen LogP contribution in [0, 0.1) is 0 Å². The van der Waals surface area contributed by atoms with Gasteiger partial charge >= 0.3 is 5.97 Å². The number of fused-ring (bicyclic) bond motifs is 2. The fourth-order valence-electron chi connectivity index (χ4n) is 5.48. The average Bonchev–Trinajstić information content (AvgIpc) is 3.33. The van der Waals surface area contributed by atoms with Crippen LogP contribution in [0.2, 0.25) is 10.0 Å². The third-order valence-corrected chi connectivity index (χ3v) is 9.73. The number of carbonyl (C=O) groups is 1. The first-order valence-electron chi connectivity index (χ1n) is 14.3. The Morgan fingerprint density at radius 1 is 1.09 bits per heavy atom. The maximum atomic E-state index is 14.2. The lowest BCUT2D eigenvalue weighted by Gasteiger charge is -2.25. The lowest BCUT2D eigenvalue weighted by Crippen LogP contribution is -2.40. The number of thiazole rings is 1. The van der Waals surface area contributed by atoms with Gasteiger partial charge in [0, 0.05) is 15.6 Å². The highest BCUT2D eigenvalue weighted by atomic mass is 79.9. The third-order valence-electron chi connectivity index (χ3n) is 7.57. The van der Waals surface area contributed by atoms with E-state index in [0.717, 1.165) is 21.9 Å². The number of methoxy groups -OCH3 is 1. The van der Waals surface area contributed by atoms with Gasteiger partial charge in [-0.05, 0) is 82.0 Å². The van der Waals surface area contributed by atoms with E-state index in [1.165, 1.54) is 11.3 Å². The second-order valence-electron chi connectivity index (χ2n) is 10.4. The smallest absolute Gasteiger partial charge is 0.338 e. The number of allylic oxidation sites excluding steroid dienone is 1. The first-order valence-corrected chi connectivity index (χ1v) is 16.7. The summed E-state index contributed by atoms with van der Waals surface area (Å²) in [4.78, 5) is 32.8. The van der Waals surface area contributed by atoms with E-state index in [1.54, 1.807) is 55.9 Å². The molecule has 0 aliphatic carbocycles. The van der Waals surface area contributed by atoms with E-state index in [4.69, 9.17) is 42.4 Å². The van der Waals surface area contributed by atoms with Crippen molar-refractivity contribution in [1.82, 2.24) is 4.57 Å². The molecule has 0 spiro atoms. The van der Waals surface area contributed by atoms with Crippen molar-refractivity contribution in [3.63, 3.8) is 0 Å². The van der Waals surface area contributed by atoms with Crippen LogP contribution in [-0.4, -0.2) is 24.3 Å². The summed E-state index contributed by atoms with van der Waals surface area (Å²) < 4.78 is 19.9. The maximum absolute atomic E-state index is 14.2. The Morgan fingerprint density at radius 3 is 2.63 bits per heavy atom. The number of ether oxygens (including phenoxy) is 3. The van der Waals surface area contributed by atoms with Crippen LogP contribution in [-0.2, 0) is 16.1 Å². The van der Waals surface area contributed by atoms with Crippen molar-refractivity contribution < 1.29 is 19.0 Å². The van der Waals surface area contributed by atoms with Gasteiger partial charge in [-0.25, -0.2) is 9.79 Å². The fraction of sp³-hybridized carbons (Fsp3) is 0.171. The predicted octanol–water partition coefficient (Wildman–Crippen LogP) is 7.61. The van der Waals surface area contributed by atoms with Crippen molar-refractivity contribution in [2.24, 2.45) is 4.99 Å². The molecule has 11 heteroatoms. The SMILES string of the molecule is CCOC(=O)C1=C(C)N=c2s/c(=C\c3cc(Br)c(OCc4ccc(Cl)cc4Cl)c(OC)c3)c(=O)n2[C@H]1c1cccc2ccccc12. The molecule has 0 fully saturated rings. The van der Waals surface area contributed by atoms with Crippen LogP contribution in [0.15, 0.2) is 98.3 Å². The molecule has 0 saturated carbocycles. The standard InChI is InChI=1S/C35H27BrCl2N2O5S/c1-4-44-34(42)30-19(2)39-35-40(31(30)25-11-7-9-21-8-5-6-10-24(21)25)33(41)29(46-35)16-20-14-26(36)32(28(15-20)43-3)45-18-22-12-13-23(37)17-27(22)38/h5-17,31H,4,18H2,1-3H3/b29-16-/t31-/m0/s1. The molecule has 0 bridgehead atoms. The first-order chi connectivity index (χ1) is 22.2. The predicted molar refractivity (Wildman–Crippen MR) is 186 cm³/mol. The summed E-state index contributed by atoms with van der Waals surface area (Å²) in [5.41, 5.74) is 2.86. The summed E-state index contributed by atoms with van der Waals surface area (Å²) in [7, 11) is 1.55. The van der Waals surface area contributed by atoms with Crippen LogP contribution in [0.5, 0.6) is 11.5 Å². The Morgan fingerprint density at radius 2 is 1.87 bits per heavy atom. The zero-order chi connectivity index (χ0) is 32.5. The van der Waals surface area contributed by atoms with E-state index in [9.17, 15) is 9.59 Å². The lowest BCUT2D eigenvalue weighted by molar-refractivity contribution is -0.139. The minimum atomic E-state index is -0.722. The quantitative estimate of drug-likeness (QED) is 0.153. The highest BCUT2D eigenvalue weighted by Crippen LogP contribution is 2.38. The van der Waals surface area contributed by atoms with Crippen molar-refractivity contribution >= 4 is 73.3 Å². The van der Waals surface area contributed by atoms with Crippen LogP contribution in [0.3, 0.4) is 0 Å². The molecule has 2 heterocycles. The molecule has 5 aromatic rings. The number of benzene rings is 4. The van der Waals surface area contributed by atoms with Crippen molar-refractivity contribution in [2.75, 3.05) is 13.7 Å². The summed E-state index contributed by atoms with van der Waals surface area (Å²) in [6, 6.07) is 21.9. The lowest BCUT2D eigenvalue weighted by atomic mass is 9.91. The molecule has 46 heavy (non-hydrogen) atoms. The molecule has 1 aromatic heterocycles. The molecule has 6 rings (SSSR count). The molecule has 0 radical (unpaired) electrons. The van der Waals surface area contributed by atoms with Gasteiger partial charge in [0.1, 0.15) is 6.61 Å². The number of hydrogen-bond acceptors (Lipinski definition) is 7. The zero-order valence-electron chi connectivity index (χ0n) is 25.0. The van der Waals surface area contributed by atoms with Crippen molar-refractivity contribution in [2.45, 2.75) is 26.5 Å². The van der Waals surface area contributed by atoms with Gasteiger partial charge in [0.05, 0.1) is 40.0 Å². The average molecular weight is 738 g/mol. The summed E-state index contributed by atoms with van der Waals surface area (Å²) in [5, 5.41) is 2.97. The third kappa shape index (κ3) is 6.12. The number of esters is 1. The van der Waals surface area contributed by atoms with Crippen LogP contribution in [0.1, 0.15) is 36.6 Å². The molecule has 1 aliphatic rings. The van der Waals surface area contributed by atoms with Crippen LogP contribution in [0.4, 0.5) is 0 Å². The second kappa shape index (κ2) is 13.5. The molecule has 0 amide bonds. The number of rotatable bonds is 8. The van der Waals surface area contributed by atoms with E-state index in [0.29, 0.717) is 52.2 Å². The van der Waals surface area contributed by atoms with E-state index in [-0.39, 0.29) is 18.8 Å². The van der Waals surface area contributed by atoms with Gasteiger partial charge in [0.15, 0.2) is 16.3 Å². The molecular weight excluding hydrogens is 711 g/mol. The Labute approximate surface area is 287 Å². The van der Waals surface area contributed by atoms with Gasteiger partial charge in [-0.1, -0.05) is 83.1 Å². The van der Waals surface area contributed by atoms with E-state index in [2.05, 4.69) is 15.9 Å². The summed E-state index contributed by atoms with van der Waals surface area (Å²) in [5.74, 6) is 0.449. The van der Waals surface area contributed by atoms with E-state index in [1.807, 2.05) is 48.5 Å². The first kappa shape index (κ1) is 32.1. The Bertz CT molecular complexity index is 2220. The van der Waals surface area contributed by atoms with Gasteiger partial charge in [-0.15, -0.1) is 0 Å². The number of hydrogen-bond donors (Lipinski definition) is 0. The number of aromatic nitrogens is 1. The molecule has 234 valence electrons. The van der Waals surface area contributed by atoms with Gasteiger partial charge in [0.25, 0.3) is 5.56 Å². The van der Waals surface area contributed by atoms with Crippen LogP contribution in [0.25, 0.3) is 16.8 Å². The Hall–Kier alpha value is -3.89. The minimum Gasteiger partial charge on any atom is -0.493 e. The van der Waals surface area contributed by atoms with E-state index < -0.39 is 12.0 Å². The molecule has 4 aromatic carbocycles. The molecule has 1 atom stereocenters. The van der Waals surface area contributed by atoms with Gasteiger partial charge in [0.2, 0.25) is 0 Å². The van der Waals surface area contributed by atoms with Gasteiger partial charge in [-0.2, -0.15) is 0 Å². The van der Waals surface area contributed by atoms with Crippen LogP contribution >= 0.6 is 50.5 Å². The van der Waals surface area contributed by atoms with Crippen molar-refractivity contribution in [1.29, 1.82) is 0 Å². The molecule has 0 N–H and O–H groups in total. The van der Waals surface area contributed by atoms with Gasteiger partial charge in [-0.3, -0.25) is 9.36 Å². The fourth-order valence-corrected chi connectivity index (χ4v) is 7.56. The molecule has 0 unspecified atom stereocenters. The minimum absolute atomic E-state index is 0.194. The molecule has 0 saturated heterocycles. The maximum Gasteiger partial charge on any atom is 0.338 e. The zero-order valence-corrected chi connectivity index (χ0v) is 28.9. The largest absolute Gasteiger partial charge is 0.493 e. The molecule has 1 aliphatic heterocycles.